The Hall–Kier alpha value is -2.88. The number of hydrogen-bond acceptors (Lipinski definition) is 4. The molecular weight excluding hydrogens is 445 g/mol. The van der Waals surface area contributed by atoms with Crippen molar-refractivity contribution in [3.8, 4) is 0 Å². The highest BCUT2D eigenvalue weighted by Crippen LogP contribution is 2.30. The summed E-state index contributed by atoms with van der Waals surface area (Å²) in [6.07, 6.45) is -2.59. The topological polar surface area (TPSA) is 83.6 Å². The molecule has 172 valence electrons. The van der Waals surface area contributed by atoms with Gasteiger partial charge in [-0.15, -0.1) is 0 Å². The molecule has 0 unspecified atom stereocenters. The summed E-state index contributed by atoms with van der Waals surface area (Å²) >= 11 is 0. The van der Waals surface area contributed by atoms with Crippen molar-refractivity contribution in [1.29, 1.82) is 0 Å². The Kier molecular flexibility index (Phi) is 6.64. The van der Waals surface area contributed by atoms with E-state index in [4.69, 9.17) is 0 Å². The molecule has 32 heavy (non-hydrogen) atoms. The van der Waals surface area contributed by atoms with Crippen LogP contribution in [0.15, 0.2) is 47.4 Å². The van der Waals surface area contributed by atoms with Crippen LogP contribution < -0.4 is 5.32 Å². The summed E-state index contributed by atoms with van der Waals surface area (Å²) < 4.78 is 61.6. The summed E-state index contributed by atoms with van der Waals surface area (Å²) in [4.78, 5) is 26.9. The Morgan fingerprint density at radius 1 is 1.03 bits per heavy atom. The molecule has 2 amide bonds. The van der Waals surface area contributed by atoms with Crippen molar-refractivity contribution in [3.05, 3.63) is 59.2 Å². The van der Waals surface area contributed by atoms with Crippen molar-refractivity contribution in [3.63, 3.8) is 0 Å². The summed E-state index contributed by atoms with van der Waals surface area (Å²) in [5.41, 5.74) is 0.482. The molecule has 0 bridgehead atoms. The average Bonchev–Trinajstić information content (AvgIpc) is 2.73. The predicted octanol–water partition coefficient (Wildman–Crippen LogP) is 3.91. The monoisotopic (exact) mass is 468 g/mol. The van der Waals surface area contributed by atoms with Gasteiger partial charge in [0.25, 0.3) is 5.91 Å². The minimum atomic E-state index is -4.47. The number of rotatable bonds is 4. The molecule has 1 heterocycles. The van der Waals surface area contributed by atoms with Crippen molar-refractivity contribution in [2.75, 3.05) is 24.7 Å². The van der Waals surface area contributed by atoms with Crippen LogP contribution in [0.4, 0.5) is 18.9 Å². The smallest absolute Gasteiger partial charge is 0.339 e. The van der Waals surface area contributed by atoms with Gasteiger partial charge in [-0.05, 0) is 61.7 Å². The molecule has 10 heteroatoms. The van der Waals surface area contributed by atoms with Gasteiger partial charge in [0.2, 0.25) is 5.91 Å². The molecule has 1 aliphatic heterocycles. The molecule has 2 aromatic carbocycles. The van der Waals surface area contributed by atoms with E-state index in [0.29, 0.717) is 31.6 Å². The van der Waals surface area contributed by atoms with Crippen LogP contribution >= 0.6 is 0 Å². The van der Waals surface area contributed by atoms with E-state index in [9.17, 15) is 31.2 Å². The summed E-state index contributed by atoms with van der Waals surface area (Å²) in [5.74, 6) is -1.01. The number of benzene rings is 2. The first-order valence-corrected chi connectivity index (χ1v) is 11.8. The highest BCUT2D eigenvalue weighted by atomic mass is 32.2. The molecule has 0 saturated carbocycles. The van der Waals surface area contributed by atoms with Crippen molar-refractivity contribution in [1.82, 2.24) is 4.90 Å². The maximum absolute atomic E-state index is 12.7. The number of piperidine rings is 1. The Morgan fingerprint density at radius 3 is 2.16 bits per heavy atom. The van der Waals surface area contributed by atoms with Crippen LogP contribution in [0.1, 0.15) is 34.3 Å². The molecule has 0 atom stereocenters. The van der Waals surface area contributed by atoms with Crippen LogP contribution in [0.2, 0.25) is 0 Å². The van der Waals surface area contributed by atoms with E-state index in [1.807, 2.05) is 0 Å². The number of hydrogen-bond donors (Lipinski definition) is 1. The lowest BCUT2D eigenvalue weighted by atomic mass is 9.95. The Bertz CT molecular complexity index is 1120. The number of amides is 2. The number of carbonyl (C=O) groups excluding carboxylic acids is 2. The third-order valence-corrected chi connectivity index (χ3v) is 6.62. The van der Waals surface area contributed by atoms with E-state index in [0.717, 1.165) is 36.1 Å². The Morgan fingerprint density at radius 2 is 1.62 bits per heavy atom. The standard InChI is InChI=1S/C22H23F3N2O4S/c1-14-3-8-18(32(2,30)31)13-19(14)26-20(28)15-9-11-27(12-10-15)21(29)16-4-6-17(7-5-16)22(23,24)25/h3-8,13,15H,9-12H2,1-2H3,(H,26,28). The fourth-order valence-corrected chi connectivity index (χ4v) is 4.18. The minimum Gasteiger partial charge on any atom is -0.339 e. The van der Waals surface area contributed by atoms with Gasteiger partial charge in [-0.25, -0.2) is 8.42 Å². The molecule has 2 aromatic rings. The summed E-state index contributed by atoms with van der Waals surface area (Å²) in [7, 11) is -3.41. The summed E-state index contributed by atoms with van der Waals surface area (Å²) in [5, 5.41) is 2.78. The van der Waals surface area contributed by atoms with Crippen molar-refractivity contribution in [2.45, 2.75) is 30.8 Å². The van der Waals surface area contributed by atoms with Gasteiger partial charge in [-0.1, -0.05) is 6.07 Å². The fraction of sp³-hybridized carbons (Fsp3) is 0.364. The molecule has 6 nitrogen and oxygen atoms in total. The molecule has 0 spiro atoms. The second kappa shape index (κ2) is 8.93. The number of sulfone groups is 1. The molecule has 0 aliphatic carbocycles. The van der Waals surface area contributed by atoms with Crippen LogP contribution in [-0.4, -0.2) is 44.5 Å². The number of likely N-dealkylation sites (tertiary alicyclic amines) is 1. The van der Waals surface area contributed by atoms with Gasteiger partial charge in [-0.2, -0.15) is 13.2 Å². The van der Waals surface area contributed by atoms with Gasteiger partial charge in [0.05, 0.1) is 10.5 Å². The summed E-state index contributed by atoms with van der Waals surface area (Å²) in [6.45, 7) is 2.34. The second-order valence-electron chi connectivity index (χ2n) is 7.88. The van der Waals surface area contributed by atoms with E-state index in [-0.39, 0.29) is 28.2 Å². The van der Waals surface area contributed by atoms with Gasteiger partial charge in [-0.3, -0.25) is 9.59 Å². The third kappa shape index (κ3) is 5.48. The maximum Gasteiger partial charge on any atom is 0.416 e. The minimum absolute atomic E-state index is 0.107. The zero-order chi connectivity index (χ0) is 23.7. The van der Waals surface area contributed by atoms with Crippen LogP contribution in [0, 0.1) is 12.8 Å². The largest absolute Gasteiger partial charge is 0.416 e. The van der Waals surface area contributed by atoms with Gasteiger partial charge in [0.1, 0.15) is 0 Å². The molecule has 1 aliphatic rings. The zero-order valence-corrected chi connectivity index (χ0v) is 18.4. The number of nitrogens with zero attached hydrogens (tertiary/aromatic N) is 1. The SMILES string of the molecule is Cc1ccc(S(C)(=O)=O)cc1NC(=O)C1CCN(C(=O)c2ccc(C(F)(F)F)cc2)CC1. The van der Waals surface area contributed by atoms with Crippen molar-refractivity contribution < 1.29 is 31.2 Å². The lowest BCUT2D eigenvalue weighted by Gasteiger charge is -2.31. The molecule has 1 fully saturated rings. The normalized spacial score (nSPS) is 15.5. The highest BCUT2D eigenvalue weighted by molar-refractivity contribution is 7.90. The number of carbonyl (C=O) groups is 2. The van der Waals surface area contributed by atoms with Gasteiger partial charge in [0, 0.05) is 36.5 Å². The predicted molar refractivity (Wildman–Crippen MR) is 113 cm³/mol. The molecule has 0 radical (unpaired) electrons. The van der Waals surface area contributed by atoms with E-state index in [1.54, 1.807) is 13.0 Å². The van der Waals surface area contributed by atoms with Crippen LogP contribution in [-0.2, 0) is 20.8 Å². The van der Waals surface area contributed by atoms with Crippen molar-refractivity contribution in [2.24, 2.45) is 5.92 Å². The fourth-order valence-electron chi connectivity index (χ4n) is 3.53. The lowest BCUT2D eigenvalue weighted by Crippen LogP contribution is -2.41. The van der Waals surface area contributed by atoms with Gasteiger partial charge in [0.15, 0.2) is 9.84 Å². The first-order chi connectivity index (χ1) is 14.9. The van der Waals surface area contributed by atoms with E-state index < -0.39 is 21.6 Å². The van der Waals surface area contributed by atoms with Gasteiger partial charge >= 0.3 is 6.18 Å². The highest BCUT2D eigenvalue weighted by Gasteiger charge is 2.31. The maximum atomic E-state index is 12.7. The Labute approximate surface area is 184 Å². The average molecular weight is 468 g/mol. The van der Waals surface area contributed by atoms with Crippen LogP contribution in [0.25, 0.3) is 0 Å². The van der Waals surface area contributed by atoms with Crippen LogP contribution in [0.5, 0.6) is 0 Å². The quantitative estimate of drug-likeness (QED) is 0.738. The van der Waals surface area contributed by atoms with Crippen molar-refractivity contribution >= 4 is 27.3 Å². The summed E-state index contributed by atoms with van der Waals surface area (Å²) in [6, 6.07) is 8.58. The first kappa shape index (κ1) is 23.8. The van der Waals surface area contributed by atoms with E-state index in [1.165, 1.54) is 17.0 Å². The molecule has 1 N–H and O–H groups in total. The molecule has 3 rings (SSSR count). The molecule has 0 aromatic heterocycles. The molecule has 1 saturated heterocycles. The number of alkyl halides is 3. The molecular formula is C22H23F3N2O4S. The number of aryl methyl sites for hydroxylation is 1. The Balaban J connectivity index is 1.61. The van der Waals surface area contributed by atoms with E-state index >= 15 is 0 Å². The second-order valence-corrected chi connectivity index (χ2v) is 9.90. The van der Waals surface area contributed by atoms with Gasteiger partial charge < -0.3 is 10.2 Å². The first-order valence-electron chi connectivity index (χ1n) is 9.94. The lowest BCUT2D eigenvalue weighted by molar-refractivity contribution is -0.137. The number of nitrogens with one attached hydrogen (secondary N) is 1. The zero-order valence-electron chi connectivity index (χ0n) is 17.6. The van der Waals surface area contributed by atoms with E-state index in [2.05, 4.69) is 5.32 Å². The third-order valence-electron chi connectivity index (χ3n) is 5.51. The number of halogens is 3. The number of anilines is 1. The van der Waals surface area contributed by atoms with Crippen LogP contribution in [0.3, 0.4) is 0 Å².